The minimum Gasteiger partial charge on any atom is -0.295 e. The molecule has 0 heterocycles. The van der Waals surface area contributed by atoms with Gasteiger partial charge in [0.05, 0.1) is 0 Å². The Morgan fingerprint density at radius 2 is 1.69 bits per heavy atom. The van der Waals surface area contributed by atoms with E-state index in [1.165, 1.54) is 12.2 Å². The molecule has 0 saturated heterocycles. The van der Waals surface area contributed by atoms with E-state index in [1.54, 1.807) is 31.2 Å². The van der Waals surface area contributed by atoms with Gasteiger partial charge in [0.1, 0.15) is 0 Å². The van der Waals surface area contributed by atoms with Crippen LogP contribution in [0.2, 0.25) is 0 Å². The summed E-state index contributed by atoms with van der Waals surface area (Å²) in [6.45, 7) is 1.80. The van der Waals surface area contributed by atoms with Crippen LogP contribution in [0, 0.1) is 0 Å². The topological polar surface area (TPSA) is 34.1 Å². The summed E-state index contributed by atoms with van der Waals surface area (Å²) in [6, 6.07) is 9.01. The third kappa shape index (κ3) is 4.05. The first-order valence-electron chi connectivity index (χ1n) is 5.21. The molecule has 0 bridgehead atoms. The second kappa shape index (κ2) is 6.51. The molecule has 2 nitrogen and oxygen atoms in total. The van der Waals surface area contributed by atoms with E-state index < -0.39 is 0 Å². The highest BCUT2D eigenvalue weighted by atomic mass is 16.1. The van der Waals surface area contributed by atoms with Gasteiger partial charge < -0.3 is 0 Å². The zero-order valence-corrected chi connectivity index (χ0v) is 9.22. The van der Waals surface area contributed by atoms with E-state index in [0.29, 0.717) is 12.0 Å². The lowest BCUT2D eigenvalue weighted by Gasteiger charge is -1.92. The fourth-order valence-corrected chi connectivity index (χ4v) is 1.12. The molecule has 1 aromatic carbocycles. The number of hydrogen-bond donors (Lipinski definition) is 0. The third-order valence-corrected chi connectivity index (χ3v) is 2.05. The predicted octanol–water partition coefficient (Wildman–Crippen LogP) is 2.96. The minimum absolute atomic E-state index is 0.0526. The standard InChI is InChI=1S/C14H14O2/c1-2-13(15)10-6-7-11-14(16)12-8-4-3-5-9-12/h3-11H,2H2,1H3/b10-6+,11-7+. The van der Waals surface area contributed by atoms with Gasteiger partial charge in [-0.2, -0.15) is 0 Å². The lowest BCUT2D eigenvalue weighted by molar-refractivity contribution is -0.114. The first kappa shape index (κ1) is 12.1. The monoisotopic (exact) mass is 214 g/mol. The fourth-order valence-electron chi connectivity index (χ4n) is 1.12. The van der Waals surface area contributed by atoms with Gasteiger partial charge in [0, 0.05) is 12.0 Å². The number of benzene rings is 1. The van der Waals surface area contributed by atoms with Crippen LogP contribution in [-0.2, 0) is 4.79 Å². The van der Waals surface area contributed by atoms with Crippen LogP contribution in [0.4, 0.5) is 0 Å². The molecule has 0 N–H and O–H groups in total. The maximum atomic E-state index is 11.6. The van der Waals surface area contributed by atoms with Crippen LogP contribution < -0.4 is 0 Å². The highest BCUT2D eigenvalue weighted by Crippen LogP contribution is 2.00. The Morgan fingerprint density at radius 1 is 1.06 bits per heavy atom. The van der Waals surface area contributed by atoms with Crippen LogP contribution in [0.25, 0.3) is 0 Å². The average molecular weight is 214 g/mol. The van der Waals surface area contributed by atoms with E-state index in [2.05, 4.69) is 0 Å². The van der Waals surface area contributed by atoms with Crippen molar-refractivity contribution in [3.05, 3.63) is 60.2 Å². The van der Waals surface area contributed by atoms with Crippen molar-refractivity contribution < 1.29 is 9.59 Å². The molecule has 0 aliphatic carbocycles. The highest BCUT2D eigenvalue weighted by molar-refractivity contribution is 6.04. The van der Waals surface area contributed by atoms with Crippen molar-refractivity contribution in [1.29, 1.82) is 0 Å². The van der Waals surface area contributed by atoms with Crippen molar-refractivity contribution in [3.8, 4) is 0 Å². The van der Waals surface area contributed by atoms with Crippen LogP contribution >= 0.6 is 0 Å². The molecule has 82 valence electrons. The molecule has 0 fully saturated rings. The Labute approximate surface area is 95.3 Å². The average Bonchev–Trinajstić information content (AvgIpc) is 2.35. The van der Waals surface area contributed by atoms with Crippen LogP contribution in [0.5, 0.6) is 0 Å². The molecule has 16 heavy (non-hydrogen) atoms. The van der Waals surface area contributed by atoms with E-state index in [0.717, 1.165) is 0 Å². The number of carbonyl (C=O) groups excluding carboxylic acids is 2. The molecule has 0 aliphatic rings. The zero-order valence-electron chi connectivity index (χ0n) is 9.22. The van der Waals surface area contributed by atoms with Gasteiger partial charge in [-0.15, -0.1) is 0 Å². The maximum absolute atomic E-state index is 11.6. The maximum Gasteiger partial charge on any atom is 0.185 e. The Bertz CT molecular complexity index is 414. The first-order valence-corrected chi connectivity index (χ1v) is 5.21. The van der Waals surface area contributed by atoms with Crippen molar-refractivity contribution in [3.63, 3.8) is 0 Å². The van der Waals surface area contributed by atoms with Crippen LogP contribution in [0.1, 0.15) is 23.7 Å². The van der Waals surface area contributed by atoms with Gasteiger partial charge >= 0.3 is 0 Å². The van der Waals surface area contributed by atoms with Crippen LogP contribution in [0.15, 0.2) is 54.6 Å². The predicted molar refractivity (Wildman–Crippen MR) is 64.4 cm³/mol. The van der Waals surface area contributed by atoms with Crippen molar-refractivity contribution in [2.45, 2.75) is 13.3 Å². The van der Waals surface area contributed by atoms with E-state index in [9.17, 15) is 9.59 Å². The van der Waals surface area contributed by atoms with Crippen molar-refractivity contribution in [1.82, 2.24) is 0 Å². The normalized spacial score (nSPS) is 11.1. The molecule has 0 saturated carbocycles. The molecule has 1 rings (SSSR count). The SMILES string of the molecule is CCC(=O)/C=C/C=C/C(=O)c1ccccc1. The van der Waals surface area contributed by atoms with Crippen molar-refractivity contribution >= 4 is 11.6 Å². The summed E-state index contributed by atoms with van der Waals surface area (Å²) in [5, 5.41) is 0. The summed E-state index contributed by atoms with van der Waals surface area (Å²) >= 11 is 0. The molecular weight excluding hydrogens is 200 g/mol. The number of rotatable bonds is 5. The van der Waals surface area contributed by atoms with Gasteiger partial charge in [-0.1, -0.05) is 49.4 Å². The second-order valence-electron chi connectivity index (χ2n) is 3.27. The van der Waals surface area contributed by atoms with Gasteiger partial charge in [0.2, 0.25) is 0 Å². The summed E-state index contributed by atoms with van der Waals surface area (Å²) in [5.41, 5.74) is 0.647. The third-order valence-electron chi connectivity index (χ3n) is 2.05. The van der Waals surface area contributed by atoms with Gasteiger partial charge in [0.25, 0.3) is 0 Å². The number of allylic oxidation sites excluding steroid dienone is 4. The van der Waals surface area contributed by atoms with Crippen molar-refractivity contribution in [2.24, 2.45) is 0 Å². The number of ketones is 2. The van der Waals surface area contributed by atoms with Gasteiger partial charge in [-0.3, -0.25) is 9.59 Å². The van der Waals surface area contributed by atoms with Gasteiger partial charge in [-0.25, -0.2) is 0 Å². The molecule has 0 spiro atoms. The summed E-state index contributed by atoms with van der Waals surface area (Å²) < 4.78 is 0. The van der Waals surface area contributed by atoms with Gasteiger partial charge in [-0.05, 0) is 12.2 Å². The summed E-state index contributed by atoms with van der Waals surface area (Å²) in [6.07, 6.45) is 6.58. The summed E-state index contributed by atoms with van der Waals surface area (Å²) in [4.78, 5) is 22.5. The highest BCUT2D eigenvalue weighted by Gasteiger charge is 1.97. The van der Waals surface area contributed by atoms with Gasteiger partial charge in [0.15, 0.2) is 11.6 Å². The molecule has 2 heteroatoms. The lowest BCUT2D eigenvalue weighted by atomic mass is 10.1. The van der Waals surface area contributed by atoms with E-state index in [4.69, 9.17) is 0 Å². The molecule has 0 aliphatic heterocycles. The molecule has 0 radical (unpaired) electrons. The molecule has 0 amide bonds. The van der Waals surface area contributed by atoms with Crippen LogP contribution in [-0.4, -0.2) is 11.6 Å². The van der Waals surface area contributed by atoms with E-state index in [1.807, 2.05) is 18.2 Å². The Balaban J connectivity index is 2.56. The quantitative estimate of drug-likeness (QED) is 0.429. The number of hydrogen-bond acceptors (Lipinski definition) is 2. The van der Waals surface area contributed by atoms with E-state index in [-0.39, 0.29) is 11.6 Å². The Morgan fingerprint density at radius 3 is 2.31 bits per heavy atom. The first-order chi connectivity index (χ1) is 7.74. The molecular formula is C14H14O2. The number of carbonyl (C=O) groups is 2. The molecule has 0 aromatic heterocycles. The second-order valence-corrected chi connectivity index (χ2v) is 3.27. The summed E-state index contributed by atoms with van der Waals surface area (Å²) in [5.74, 6) is -0.00833. The summed E-state index contributed by atoms with van der Waals surface area (Å²) in [7, 11) is 0. The zero-order chi connectivity index (χ0) is 11.8. The molecule has 0 unspecified atom stereocenters. The van der Waals surface area contributed by atoms with Crippen molar-refractivity contribution in [2.75, 3.05) is 0 Å². The Hall–Kier alpha value is -1.96. The fraction of sp³-hybridized carbons (Fsp3) is 0.143. The van der Waals surface area contributed by atoms with Crippen LogP contribution in [0.3, 0.4) is 0 Å². The minimum atomic E-state index is -0.0609. The smallest absolute Gasteiger partial charge is 0.185 e. The van der Waals surface area contributed by atoms with E-state index >= 15 is 0 Å². The Kier molecular flexibility index (Phi) is 4.93. The lowest BCUT2D eigenvalue weighted by Crippen LogP contribution is -1.92. The molecule has 0 atom stereocenters. The largest absolute Gasteiger partial charge is 0.295 e. The molecule has 1 aromatic rings.